The van der Waals surface area contributed by atoms with E-state index in [0.717, 1.165) is 31.6 Å². The summed E-state index contributed by atoms with van der Waals surface area (Å²) in [6.45, 7) is 2.55. The smallest absolute Gasteiger partial charge is 0.236 e. The van der Waals surface area contributed by atoms with Crippen LogP contribution in [0.4, 0.5) is 0 Å². The lowest BCUT2D eigenvalue weighted by atomic mass is 10.3. The van der Waals surface area contributed by atoms with Crippen LogP contribution in [0.1, 0.15) is 18.5 Å². The fourth-order valence-electron chi connectivity index (χ4n) is 2.34. The Morgan fingerprint density at radius 1 is 1.35 bits per heavy atom. The van der Waals surface area contributed by atoms with E-state index < -0.39 is 0 Å². The molecule has 0 bridgehead atoms. The van der Waals surface area contributed by atoms with Crippen molar-refractivity contribution >= 4 is 5.91 Å². The van der Waals surface area contributed by atoms with Crippen molar-refractivity contribution in [2.24, 2.45) is 0 Å². The molecule has 20 heavy (non-hydrogen) atoms. The minimum atomic E-state index is 0.143. The van der Waals surface area contributed by atoms with Gasteiger partial charge >= 0.3 is 0 Å². The standard InChI is InChI=1S/C14H21N3O3/c1-19-12-5-6-16-11(14(12)20-2)9-15-10-13(18)17-7-3-4-8-17/h5-6,15H,3-4,7-10H2,1-2H3. The molecule has 2 rings (SSSR count). The van der Waals surface area contributed by atoms with Gasteiger partial charge in [0.05, 0.1) is 26.5 Å². The molecule has 0 atom stereocenters. The second-order valence-corrected chi connectivity index (χ2v) is 4.68. The second kappa shape index (κ2) is 7.09. The molecule has 0 radical (unpaired) electrons. The minimum absolute atomic E-state index is 0.143. The van der Waals surface area contributed by atoms with Crippen LogP contribution in [0.15, 0.2) is 12.3 Å². The topological polar surface area (TPSA) is 63.7 Å². The number of likely N-dealkylation sites (tertiary alicyclic amines) is 1. The van der Waals surface area contributed by atoms with Crippen LogP contribution in [-0.4, -0.2) is 49.6 Å². The van der Waals surface area contributed by atoms with Crippen molar-refractivity contribution in [2.75, 3.05) is 33.9 Å². The molecule has 1 N–H and O–H groups in total. The van der Waals surface area contributed by atoms with Gasteiger partial charge in [0, 0.05) is 31.9 Å². The lowest BCUT2D eigenvalue weighted by Gasteiger charge is -2.16. The first-order chi connectivity index (χ1) is 9.76. The molecule has 1 aromatic heterocycles. The van der Waals surface area contributed by atoms with Crippen molar-refractivity contribution in [1.29, 1.82) is 0 Å². The summed E-state index contributed by atoms with van der Waals surface area (Å²) < 4.78 is 10.5. The highest BCUT2D eigenvalue weighted by Crippen LogP contribution is 2.28. The summed E-state index contributed by atoms with van der Waals surface area (Å²) in [7, 11) is 3.17. The van der Waals surface area contributed by atoms with Gasteiger partial charge in [-0.25, -0.2) is 0 Å². The molecular weight excluding hydrogens is 258 g/mol. The van der Waals surface area contributed by atoms with Gasteiger partial charge in [0.15, 0.2) is 11.5 Å². The summed E-state index contributed by atoms with van der Waals surface area (Å²) >= 11 is 0. The first-order valence-electron chi connectivity index (χ1n) is 6.80. The Bertz CT molecular complexity index is 459. The maximum atomic E-state index is 11.9. The molecule has 1 amide bonds. The van der Waals surface area contributed by atoms with E-state index in [9.17, 15) is 4.79 Å². The van der Waals surface area contributed by atoms with Crippen LogP contribution in [0.5, 0.6) is 11.5 Å². The SMILES string of the molecule is COc1ccnc(CNCC(=O)N2CCCC2)c1OC. The summed E-state index contributed by atoms with van der Waals surface area (Å²) in [6, 6.07) is 1.75. The van der Waals surface area contributed by atoms with E-state index in [4.69, 9.17) is 9.47 Å². The number of methoxy groups -OCH3 is 2. The molecule has 1 aliphatic rings. The highest BCUT2D eigenvalue weighted by Gasteiger charge is 2.17. The van der Waals surface area contributed by atoms with Crippen LogP contribution in [0, 0.1) is 0 Å². The van der Waals surface area contributed by atoms with Gasteiger partial charge in [-0.2, -0.15) is 0 Å². The summed E-state index contributed by atoms with van der Waals surface area (Å²) in [5.41, 5.74) is 0.737. The van der Waals surface area contributed by atoms with Gasteiger partial charge in [-0.1, -0.05) is 0 Å². The van der Waals surface area contributed by atoms with E-state index in [1.165, 1.54) is 0 Å². The molecule has 6 nitrogen and oxygen atoms in total. The molecule has 1 aliphatic heterocycles. The van der Waals surface area contributed by atoms with E-state index in [0.29, 0.717) is 24.6 Å². The predicted molar refractivity (Wildman–Crippen MR) is 74.9 cm³/mol. The van der Waals surface area contributed by atoms with Gasteiger partial charge in [-0.3, -0.25) is 9.78 Å². The number of aromatic nitrogens is 1. The summed E-state index contributed by atoms with van der Waals surface area (Å²) in [6.07, 6.45) is 3.88. The number of hydrogen-bond acceptors (Lipinski definition) is 5. The van der Waals surface area contributed by atoms with Gasteiger partial charge in [0.2, 0.25) is 5.91 Å². The summed E-state index contributed by atoms with van der Waals surface area (Å²) in [5, 5.41) is 3.12. The number of pyridine rings is 1. The Labute approximate surface area is 119 Å². The fraction of sp³-hybridized carbons (Fsp3) is 0.571. The van der Waals surface area contributed by atoms with E-state index in [2.05, 4.69) is 10.3 Å². The molecular formula is C14H21N3O3. The first kappa shape index (κ1) is 14.6. The van der Waals surface area contributed by atoms with Crippen molar-refractivity contribution in [3.8, 4) is 11.5 Å². The maximum absolute atomic E-state index is 11.9. The Morgan fingerprint density at radius 3 is 2.75 bits per heavy atom. The van der Waals surface area contributed by atoms with E-state index in [-0.39, 0.29) is 5.91 Å². The number of hydrogen-bond donors (Lipinski definition) is 1. The number of ether oxygens (including phenoxy) is 2. The second-order valence-electron chi connectivity index (χ2n) is 4.68. The number of carbonyl (C=O) groups is 1. The average Bonchev–Trinajstić information content (AvgIpc) is 3.01. The van der Waals surface area contributed by atoms with Crippen molar-refractivity contribution in [3.63, 3.8) is 0 Å². The Kier molecular flexibility index (Phi) is 5.17. The fourth-order valence-corrected chi connectivity index (χ4v) is 2.34. The van der Waals surface area contributed by atoms with Crippen LogP contribution in [0.2, 0.25) is 0 Å². The van der Waals surface area contributed by atoms with Gasteiger partial charge in [-0.15, -0.1) is 0 Å². The van der Waals surface area contributed by atoms with Crippen LogP contribution in [0.3, 0.4) is 0 Å². The van der Waals surface area contributed by atoms with E-state index in [1.807, 2.05) is 4.90 Å². The monoisotopic (exact) mass is 279 g/mol. The number of amides is 1. The number of carbonyl (C=O) groups excluding carboxylic acids is 1. The average molecular weight is 279 g/mol. The van der Waals surface area contributed by atoms with Gasteiger partial charge in [0.1, 0.15) is 0 Å². The third kappa shape index (κ3) is 3.39. The number of nitrogens with zero attached hydrogens (tertiary/aromatic N) is 2. The molecule has 0 saturated carbocycles. The Balaban J connectivity index is 1.89. The van der Waals surface area contributed by atoms with Crippen molar-refractivity contribution in [2.45, 2.75) is 19.4 Å². The molecule has 0 aliphatic carbocycles. The Hall–Kier alpha value is -1.82. The van der Waals surface area contributed by atoms with Crippen LogP contribution in [-0.2, 0) is 11.3 Å². The third-order valence-corrected chi connectivity index (χ3v) is 3.39. The Morgan fingerprint density at radius 2 is 2.10 bits per heavy atom. The van der Waals surface area contributed by atoms with Crippen molar-refractivity contribution < 1.29 is 14.3 Å². The first-order valence-corrected chi connectivity index (χ1v) is 6.80. The van der Waals surface area contributed by atoms with Gasteiger partial charge in [0.25, 0.3) is 0 Å². The molecule has 1 fully saturated rings. The molecule has 1 saturated heterocycles. The highest BCUT2D eigenvalue weighted by molar-refractivity contribution is 5.78. The maximum Gasteiger partial charge on any atom is 0.236 e. The van der Waals surface area contributed by atoms with E-state index in [1.54, 1.807) is 26.5 Å². The lowest BCUT2D eigenvalue weighted by Crippen LogP contribution is -2.36. The zero-order valence-electron chi connectivity index (χ0n) is 12.0. The molecule has 0 spiro atoms. The summed E-state index contributed by atoms with van der Waals surface area (Å²) in [4.78, 5) is 18.1. The molecule has 6 heteroatoms. The molecule has 1 aromatic rings. The van der Waals surface area contributed by atoms with Crippen LogP contribution >= 0.6 is 0 Å². The third-order valence-electron chi connectivity index (χ3n) is 3.39. The zero-order chi connectivity index (χ0) is 14.4. The zero-order valence-corrected chi connectivity index (χ0v) is 12.0. The van der Waals surface area contributed by atoms with Gasteiger partial charge < -0.3 is 19.7 Å². The van der Waals surface area contributed by atoms with Crippen LogP contribution < -0.4 is 14.8 Å². The van der Waals surface area contributed by atoms with Crippen molar-refractivity contribution in [1.82, 2.24) is 15.2 Å². The van der Waals surface area contributed by atoms with Crippen molar-refractivity contribution in [3.05, 3.63) is 18.0 Å². The molecule has 0 aromatic carbocycles. The lowest BCUT2D eigenvalue weighted by molar-refractivity contribution is -0.129. The van der Waals surface area contributed by atoms with Crippen LogP contribution in [0.25, 0.3) is 0 Å². The highest BCUT2D eigenvalue weighted by atomic mass is 16.5. The largest absolute Gasteiger partial charge is 0.493 e. The summed E-state index contributed by atoms with van der Waals surface area (Å²) in [5.74, 6) is 1.39. The quantitative estimate of drug-likeness (QED) is 0.835. The number of nitrogens with one attached hydrogen (secondary N) is 1. The minimum Gasteiger partial charge on any atom is -0.493 e. The molecule has 0 unspecified atom stereocenters. The molecule has 2 heterocycles. The van der Waals surface area contributed by atoms with Gasteiger partial charge in [-0.05, 0) is 12.8 Å². The molecule has 110 valence electrons. The predicted octanol–water partition coefficient (Wildman–Crippen LogP) is 0.811. The normalized spacial score (nSPS) is 14.4. The van der Waals surface area contributed by atoms with E-state index >= 15 is 0 Å². The number of rotatable bonds is 6.